The summed E-state index contributed by atoms with van der Waals surface area (Å²) in [6.07, 6.45) is 5.51. The molecule has 1 N–H and O–H groups in total. The lowest BCUT2D eigenvalue weighted by atomic mass is 10.1. The van der Waals surface area contributed by atoms with E-state index in [4.69, 9.17) is 5.11 Å². The lowest BCUT2D eigenvalue weighted by molar-refractivity contribution is -0.131. The molecule has 1 aliphatic heterocycles. The topological polar surface area (TPSA) is 88.3 Å². The van der Waals surface area contributed by atoms with E-state index in [0.29, 0.717) is 13.0 Å². The van der Waals surface area contributed by atoms with Gasteiger partial charge in [0.2, 0.25) is 5.91 Å². The number of carbonyl (C=O) groups is 2. The minimum Gasteiger partial charge on any atom is -0.476 e. The van der Waals surface area contributed by atoms with E-state index in [1.807, 2.05) is 11.8 Å². The molecule has 0 aliphatic carbocycles. The van der Waals surface area contributed by atoms with Gasteiger partial charge in [0.05, 0.1) is 12.2 Å². The lowest BCUT2D eigenvalue weighted by Crippen LogP contribution is -2.31. The first-order valence-electron chi connectivity index (χ1n) is 7.04. The van der Waals surface area contributed by atoms with Crippen LogP contribution >= 0.6 is 0 Å². The van der Waals surface area contributed by atoms with Crippen LogP contribution in [0.2, 0.25) is 0 Å². The van der Waals surface area contributed by atoms with Gasteiger partial charge in [0, 0.05) is 19.5 Å². The summed E-state index contributed by atoms with van der Waals surface area (Å²) in [4.78, 5) is 24.6. The van der Waals surface area contributed by atoms with Crippen LogP contribution in [0.3, 0.4) is 0 Å². The highest BCUT2D eigenvalue weighted by molar-refractivity contribution is 5.84. The summed E-state index contributed by atoms with van der Waals surface area (Å²) in [5.74, 6) is -0.859. The van der Waals surface area contributed by atoms with E-state index in [-0.39, 0.29) is 17.6 Å². The van der Waals surface area contributed by atoms with Gasteiger partial charge in [-0.3, -0.25) is 4.79 Å². The highest BCUT2D eigenvalue weighted by atomic mass is 16.4. The monoisotopic (exact) mass is 280 g/mol. The largest absolute Gasteiger partial charge is 0.476 e. The summed E-state index contributed by atoms with van der Waals surface area (Å²) in [5.41, 5.74) is -0.0341. The maximum Gasteiger partial charge on any atom is 0.358 e. The predicted molar refractivity (Wildman–Crippen MR) is 71.4 cm³/mol. The molecule has 20 heavy (non-hydrogen) atoms. The zero-order valence-electron chi connectivity index (χ0n) is 11.7. The SMILES string of the molecule is CCCC(=O)N1CCCC(n2cc(C(=O)O)nn2)CC1. The number of likely N-dealkylation sites (tertiary alicyclic amines) is 1. The second-order valence-corrected chi connectivity index (χ2v) is 5.10. The number of carboxylic acid groups (broad SMARTS) is 1. The van der Waals surface area contributed by atoms with Gasteiger partial charge < -0.3 is 10.0 Å². The molecule has 1 aromatic rings. The molecule has 1 aliphatic rings. The average molecular weight is 280 g/mol. The van der Waals surface area contributed by atoms with Gasteiger partial charge in [0.15, 0.2) is 5.69 Å². The predicted octanol–water partition coefficient (Wildman–Crippen LogP) is 1.33. The number of aromatic nitrogens is 3. The standard InChI is InChI=1S/C13H20N4O3/c1-2-4-12(18)16-7-3-5-10(6-8-16)17-9-11(13(19)20)14-15-17/h9-10H,2-8H2,1H3,(H,19,20). The third-order valence-corrected chi connectivity index (χ3v) is 3.62. The minimum atomic E-state index is -1.07. The smallest absolute Gasteiger partial charge is 0.358 e. The molecule has 7 heteroatoms. The number of carboxylic acids is 1. The fourth-order valence-corrected chi connectivity index (χ4v) is 2.52. The molecule has 0 aromatic carbocycles. The number of rotatable bonds is 4. The summed E-state index contributed by atoms with van der Waals surface area (Å²) in [7, 11) is 0. The molecule has 0 radical (unpaired) electrons. The van der Waals surface area contributed by atoms with Gasteiger partial charge in [0.1, 0.15) is 0 Å². The van der Waals surface area contributed by atoms with E-state index in [1.54, 1.807) is 4.68 Å². The van der Waals surface area contributed by atoms with Crippen LogP contribution in [0.15, 0.2) is 6.20 Å². The Labute approximate surface area is 117 Å². The van der Waals surface area contributed by atoms with Crippen LogP contribution < -0.4 is 0 Å². The zero-order valence-corrected chi connectivity index (χ0v) is 11.7. The van der Waals surface area contributed by atoms with Crippen molar-refractivity contribution in [2.45, 2.75) is 45.1 Å². The van der Waals surface area contributed by atoms with Crippen molar-refractivity contribution >= 4 is 11.9 Å². The van der Waals surface area contributed by atoms with Crippen molar-refractivity contribution in [1.82, 2.24) is 19.9 Å². The number of nitrogens with zero attached hydrogens (tertiary/aromatic N) is 4. The van der Waals surface area contributed by atoms with Crippen molar-refractivity contribution in [2.24, 2.45) is 0 Å². The molecule has 1 fully saturated rings. The highest BCUT2D eigenvalue weighted by Crippen LogP contribution is 2.22. The average Bonchev–Trinajstić information content (AvgIpc) is 2.78. The summed E-state index contributed by atoms with van der Waals surface area (Å²) in [5, 5.41) is 16.4. The number of amides is 1. The summed E-state index contributed by atoms with van der Waals surface area (Å²) >= 11 is 0. The van der Waals surface area contributed by atoms with Gasteiger partial charge in [-0.1, -0.05) is 12.1 Å². The van der Waals surface area contributed by atoms with Gasteiger partial charge in [-0.05, 0) is 25.7 Å². The van der Waals surface area contributed by atoms with Gasteiger partial charge in [-0.2, -0.15) is 0 Å². The Balaban J connectivity index is 1.98. The van der Waals surface area contributed by atoms with E-state index in [0.717, 1.165) is 32.2 Å². The normalized spacial score (nSPS) is 19.6. The van der Waals surface area contributed by atoms with Gasteiger partial charge >= 0.3 is 5.97 Å². The molecule has 1 atom stereocenters. The first kappa shape index (κ1) is 14.5. The Bertz CT molecular complexity index is 486. The van der Waals surface area contributed by atoms with Crippen LogP contribution in [-0.2, 0) is 4.79 Å². The maximum atomic E-state index is 11.9. The van der Waals surface area contributed by atoms with Crippen LogP contribution in [0.5, 0.6) is 0 Å². The number of hydrogen-bond donors (Lipinski definition) is 1. The molecule has 0 spiro atoms. The molecule has 1 saturated heterocycles. The van der Waals surface area contributed by atoms with Crippen LogP contribution in [0.25, 0.3) is 0 Å². The molecule has 1 amide bonds. The molecule has 0 bridgehead atoms. The molecule has 2 heterocycles. The molecular formula is C13H20N4O3. The fraction of sp³-hybridized carbons (Fsp3) is 0.692. The van der Waals surface area contributed by atoms with Crippen LogP contribution in [0.4, 0.5) is 0 Å². The van der Waals surface area contributed by atoms with E-state index in [2.05, 4.69) is 10.3 Å². The van der Waals surface area contributed by atoms with Crippen molar-refractivity contribution in [3.63, 3.8) is 0 Å². The van der Waals surface area contributed by atoms with Crippen molar-refractivity contribution in [3.05, 3.63) is 11.9 Å². The Morgan fingerprint density at radius 3 is 2.85 bits per heavy atom. The first-order chi connectivity index (χ1) is 9.61. The lowest BCUT2D eigenvalue weighted by Gasteiger charge is -2.20. The molecular weight excluding hydrogens is 260 g/mol. The first-order valence-corrected chi connectivity index (χ1v) is 7.04. The van der Waals surface area contributed by atoms with Crippen LogP contribution in [0, 0.1) is 0 Å². The third-order valence-electron chi connectivity index (χ3n) is 3.62. The van der Waals surface area contributed by atoms with Crippen LogP contribution in [-0.4, -0.2) is 50.0 Å². The molecule has 110 valence electrons. The Kier molecular flexibility index (Phi) is 4.70. The zero-order chi connectivity index (χ0) is 14.5. The van der Waals surface area contributed by atoms with Gasteiger partial charge in [-0.25, -0.2) is 9.48 Å². The van der Waals surface area contributed by atoms with Crippen molar-refractivity contribution < 1.29 is 14.7 Å². The van der Waals surface area contributed by atoms with Gasteiger partial charge in [-0.15, -0.1) is 5.10 Å². The molecule has 7 nitrogen and oxygen atoms in total. The Morgan fingerprint density at radius 2 is 2.20 bits per heavy atom. The van der Waals surface area contributed by atoms with Crippen molar-refractivity contribution in [1.29, 1.82) is 0 Å². The second kappa shape index (κ2) is 6.49. The quantitative estimate of drug-likeness (QED) is 0.898. The minimum absolute atomic E-state index is 0.0341. The highest BCUT2D eigenvalue weighted by Gasteiger charge is 2.22. The van der Waals surface area contributed by atoms with Crippen molar-refractivity contribution in [3.8, 4) is 0 Å². The summed E-state index contributed by atoms with van der Waals surface area (Å²) < 4.78 is 1.62. The molecule has 1 unspecified atom stereocenters. The Hall–Kier alpha value is -1.92. The van der Waals surface area contributed by atoms with Crippen molar-refractivity contribution in [2.75, 3.05) is 13.1 Å². The molecule has 0 saturated carbocycles. The van der Waals surface area contributed by atoms with Crippen LogP contribution in [0.1, 0.15) is 55.6 Å². The fourth-order valence-electron chi connectivity index (χ4n) is 2.52. The number of carbonyl (C=O) groups excluding carboxylic acids is 1. The molecule has 2 rings (SSSR count). The van der Waals surface area contributed by atoms with Gasteiger partial charge in [0.25, 0.3) is 0 Å². The molecule has 1 aromatic heterocycles. The number of aromatic carboxylic acids is 1. The third kappa shape index (κ3) is 3.34. The second-order valence-electron chi connectivity index (χ2n) is 5.10. The summed E-state index contributed by atoms with van der Waals surface area (Å²) in [6, 6.07) is 0.120. The maximum absolute atomic E-state index is 11.9. The van der Waals surface area contributed by atoms with E-state index < -0.39 is 5.97 Å². The number of hydrogen-bond acceptors (Lipinski definition) is 4. The van der Waals surface area contributed by atoms with E-state index in [1.165, 1.54) is 6.20 Å². The summed E-state index contributed by atoms with van der Waals surface area (Å²) in [6.45, 7) is 3.48. The van der Waals surface area contributed by atoms with E-state index in [9.17, 15) is 9.59 Å². The van der Waals surface area contributed by atoms with E-state index >= 15 is 0 Å². The Morgan fingerprint density at radius 1 is 1.40 bits per heavy atom.